The topological polar surface area (TPSA) is 180 Å². The van der Waals surface area contributed by atoms with Gasteiger partial charge in [-0.25, -0.2) is 9.59 Å². The van der Waals surface area contributed by atoms with Crippen LogP contribution in [0.3, 0.4) is 0 Å². The Morgan fingerprint density at radius 3 is 1.65 bits per heavy atom. The van der Waals surface area contributed by atoms with Crippen LogP contribution in [0.4, 0.5) is 0 Å². The third-order valence-corrected chi connectivity index (χ3v) is 16.2. The van der Waals surface area contributed by atoms with Gasteiger partial charge in [-0.1, -0.05) is 45.3 Å². The number of carbonyl (C=O) groups is 6. The molecule has 12 heteroatoms. The van der Waals surface area contributed by atoms with Gasteiger partial charge < -0.3 is 29.2 Å². The second-order valence-electron chi connectivity index (χ2n) is 18.6. The van der Waals surface area contributed by atoms with Gasteiger partial charge in [-0.05, 0) is 99.7 Å². The number of aliphatic hydroxyl groups excluding tert-OH is 2. The summed E-state index contributed by atoms with van der Waals surface area (Å²) in [6, 6.07) is 0. The summed E-state index contributed by atoms with van der Waals surface area (Å²) in [4.78, 5) is 81.4. The minimum absolute atomic E-state index is 0.0709. The van der Waals surface area contributed by atoms with E-state index in [2.05, 4.69) is 6.92 Å². The van der Waals surface area contributed by atoms with Gasteiger partial charge in [0.15, 0.2) is 11.6 Å². The summed E-state index contributed by atoms with van der Waals surface area (Å²) in [5.41, 5.74) is -2.36. The Morgan fingerprint density at radius 2 is 1.15 bits per heavy atom. The van der Waals surface area contributed by atoms with E-state index in [0.717, 1.165) is 24.0 Å². The summed E-state index contributed by atoms with van der Waals surface area (Å²) in [5, 5.41) is 23.3. The molecular weight excluding hydrogens is 708 g/mol. The normalized spacial score (nSPS) is 46.7. The Labute approximate surface area is 324 Å². The average molecular weight is 769 g/mol. The number of ketones is 2. The molecule has 6 aliphatic rings. The molecule has 304 valence electrons. The van der Waals surface area contributed by atoms with Crippen molar-refractivity contribution in [1.82, 2.24) is 0 Å². The maximum Gasteiger partial charge on any atom is 0.331 e. The van der Waals surface area contributed by atoms with Crippen LogP contribution >= 0.6 is 0 Å². The lowest BCUT2D eigenvalue weighted by molar-refractivity contribution is -0.214. The Morgan fingerprint density at radius 1 is 0.655 bits per heavy atom. The minimum atomic E-state index is -1.60. The SMILES string of the molecule is COC(=O)/C=C1\CC[C@H]2[C@@H]([C@@H](O)C(=O)[C@@H]3[C@]2(C)CCC(OC(=O)/C=C2\CC[C@H]4[C@@H]([C@@H](O)C(=O)[C@@H]5[C@]4(C)CCC[C@]5(C)C(=O)OC)[C@H]2C)[C@]3(C)C(=O)OC)[C@H]1C. The van der Waals surface area contributed by atoms with Crippen molar-refractivity contribution in [2.24, 2.45) is 69.0 Å². The first-order valence-corrected chi connectivity index (χ1v) is 20.1. The van der Waals surface area contributed by atoms with E-state index < -0.39 is 93.3 Å². The second kappa shape index (κ2) is 14.5. The molecule has 55 heavy (non-hydrogen) atoms. The van der Waals surface area contributed by atoms with Crippen molar-refractivity contribution in [2.45, 2.75) is 118 Å². The molecule has 0 aliphatic heterocycles. The van der Waals surface area contributed by atoms with Crippen LogP contribution in [-0.2, 0) is 47.7 Å². The van der Waals surface area contributed by atoms with Crippen LogP contribution in [-0.4, -0.2) is 85.3 Å². The third kappa shape index (κ3) is 6.05. The molecule has 6 fully saturated rings. The molecule has 0 aromatic heterocycles. The van der Waals surface area contributed by atoms with Gasteiger partial charge in [0.25, 0.3) is 0 Å². The van der Waals surface area contributed by atoms with E-state index in [-0.39, 0.29) is 35.9 Å². The summed E-state index contributed by atoms with van der Waals surface area (Å²) >= 11 is 0. The largest absolute Gasteiger partial charge is 0.469 e. The van der Waals surface area contributed by atoms with Crippen molar-refractivity contribution >= 4 is 35.4 Å². The molecule has 0 bridgehead atoms. The van der Waals surface area contributed by atoms with Crippen LogP contribution in [0.2, 0.25) is 0 Å². The lowest BCUT2D eigenvalue weighted by Gasteiger charge is -2.62. The number of aliphatic hydroxyl groups is 2. The number of hydrogen-bond acceptors (Lipinski definition) is 12. The summed E-state index contributed by atoms with van der Waals surface area (Å²) in [6.07, 6.45) is 4.16. The van der Waals surface area contributed by atoms with Crippen molar-refractivity contribution in [3.05, 3.63) is 23.3 Å². The zero-order valence-electron chi connectivity index (χ0n) is 33.8. The molecule has 6 saturated carbocycles. The smallest absolute Gasteiger partial charge is 0.331 e. The Bertz CT molecular complexity index is 1700. The van der Waals surface area contributed by atoms with Crippen LogP contribution in [0.1, 0.15) is 99.3 Å². The molecule has 6 rings (SSSR count). The fourth-order valence-electron chi connectivity index (χ4n) is 13.6. The lowest BCUT2D eigenvalue weighted by Crippen LogP contribution is -2.68. The lowest BCUT2D eigenvalue weighted by atomic mass is 9.41. The van der Waals surface area contributed by atoms with E-state index in [1.165, 1.54) is 33.5 Å². The third-order valence-electron chi connectivity index (χ3n) is 16.2. The first-order chi connectivity index (χ1) is 25.8. The highest BCUT2D eigenvalue weighted by Crippen LogP contribution is 2.66. The first-order valence-electron chi connectivity index (χ1n) is 20.1. The summed E-state index contributed by atoms with van der Waals surface area (Å²) < 4.78 is 21.5. The first kappa shape index (κ1) is 41.3. The van der Waals surface area contributed by atoms with Gasteiger partial charge in [0.1, 0.15) is 23.7 Å². The predicted molar refractivity (Wildman–Crippen MR) is 197 cm³/mol. The molecule has 12 nitrogen and oxygen atoms in total. The minimum Gasteiger partial charge on any atom is -0.469 e. The standard InChI is InChI=1S/C43H60O12/c1-21-23(19-28(44)52-7)11-14-26-31(21)33(47)35(49)37-41(26,4)18-15-27(43(37,6)39(51)54-9)55-29(45)20-24-12-13-25-30(22(24)2)32(46)34(48)36-40(25,3)16-10-17-42(36,5)38(50)53-8/h19-22,25-27,30-33,36-37,46-47H,10-18H2,1-9H3/b23-19+,24-20+/t21-,22-,25-,26-,27?,30-,31-,32+,33+,36+,37+,40+,41+,42-,43-/m0/s1. The highest BCUT2D eigenvalue weighted by Gasteiger charge is 2.70. The molecular formula is C43H60O12. The molecule has 0 radical (unpaired) electrons. The van der Waals surface area contributed by atoms with Crippen molar-refractivity contribution in [2.75, 3.05) is 21.3 Å². The number of methoxy groups -OCH3 is 3. The fraction of sp³-hybridized carbons (Fsp3) is 0.767. The van der Waals surface area contributed by atoms with Crippen molar-refractivity contribution in [3.8, 4) is 0 Å². The van der Waals surface area contributed by atoms with E-state index in [1.54, 1.807) is 13.8 Å². The highest BCUT2D eigenvalue weighted by atomic mass is 16.6. The molecule has 0 heterocycles. The number of carbonyl (C=O) groups excluding carboxylic acids is 6. The maximum absolute atomic E-state index is 14.4. The molecule has 6 aliphatic carbocycles. The summed E-state index contributed by atoms with van der Waals surface area (Å²) in [6.45, 7) is 11.3. The molecule has 0 spiro atoms. The molecule has 2 N–H and O–H groups in total. The van der Waals surface area contributed by atoms with E-state index in [1.807, 2.05) is 20.8 Å². The van der Waals surface area contributed by atoms with Gasteiger partial charge in [-0.2, -0.15) is 0 Å². The van der Waals surface area contributed by atoms with Crippen LogP contribution in [0.25, 0.3) is 0 Å². The van der Waals surface area contributed by atoms with Crippen LogP contribution < -0.4 is 0 Å². The van der Waals surface area contributed by atoms with Crippen LogP contribution in [0, 0.1) is 69.0 Å². The summed E-state index contributed by atoms with van der Waals surface area (Å²) in [7, 11) is 3.87. The van der Waals surface area contributed by atoms with Crippen LogP contribution in [0.5, 0.6) is 0 Å². The number of fused-ring (bicyclic) bond motifs is 6. The van der Waals surface area contributed by atoms with Gasteiger partial charge in [0.05, 0.1) is 26.7 Å². The Kier molecular flexibility index (Phi) is 10.9. The summed E-state index contributed by atoms with van der Waals surface area (Å²) in [5.74, 6) is -6.63. The Balaban J connectivity index is 1.26. The molecule has 0 aromatic rings. The molecule has 1 unspecified atom stereocenters. The van der Waals surface area contributed by atoms with E-state index in [0.29, 0.717) is 38.5 Å². The van der Waals surface area contributed by atoms with Crippen molar-refractivity contribution < 1.29 is 57.9 Å². The van der Waals surface area contributed by atoms with Crippen molar-refractivity contribution in [1.29, 1.82) is 0 Å². The van der Waals surface area contributed by atoms with E-state index in [9.17, 15) is 39.0 Å². The predicted octanol–water partition coefficient (Wildman–Crippen LogP) is 4.72. The Hall–Kier alpha value is -3.38. The maximum atomic E-state index is 14.4. The molecule has 0 amide bonds. The number of Topliss-reactive ketones (excluding diaryl/α,β-unsaturated/α-hetero) is 2. The number of ether oxygens (including phenoxy) is 4. The quantitative estimate of drug-likeness (QED) is 0.224. The number of hydrogen-bond donors (Lipinski definition) is 2. The highest BCUT2D eigenvalue weighted by molar-refractivity contribution is 5.95. The molecule has 15 atom stereocenters. The monoisotopic (exact) mass is 768 g/mol. The molecule has 0 aromatic carbocycles. The second-order valence-corrected chi connectivity index (χ2v) is 18.6. The number of esters is 4. The molecule has 0 saturated heterocycles. The van der Waals surface area contributed by atoms with Crippen LogP contribution in [0.15, 0.2) is 23.3 Å². The van der Waals surface area contributed by atoms with Crippen molar-refractivity contribution in [3.63, 3.8) is 0 Å². The zero-order chi connectivity index (χ0) is 40.6. The van der Waals surface area contributed by atoms with Gasteiger partial charge >= 0.3 is 23.9 Å². The number of allylic oxidation sites excluding steroid dienone is 2. The fourth-order valence-corrected chi connectivity index (χ4v) is 13.6. The van der Waals surface area contributed by atoms with Gasteiger partial charge in [0, 0.05) is 35.8 Å². The van der Waals surface area contributed by atoms with E-state index >= 15 is 0 Å². The zero-order valence-corrected chi connectivity index (χ0v) is 33.8. The van der Waals surface area contributed by atoms with Gasteiger partial charge in [0.2, 0.25) is 0 Å². The average Bonchev–Trinajstić information content (AvgIpc) is 3.14. The van der Waals surface area contributed by atoms with E-state index in [4.69, 9.17) is 18.9 Å². The van der Waals surface area contributed by atoms with Gasteiger partial charge in [-0.15, -0.1) is 0 Å². The number of rotatable bonds is 5. The van der Waals surface area contributed by atoms with Gasteiger partial charge in [-0.3, -0.25) is 19.2 Å².